The molecule has 2 amide bonds. The summed E-state index contributed by atoms with van der Waals surface area (Å²) in [5, 5.41) is 8.31. The van der Waals surface area contributed by atoms with Crippen LogP contribution in [-0.2, 0) is 17.8 Å². The summed E-state index contributed by atoms with van der Waals surface area (Å²) in [7, 11) is 0. The van der Waals surface area contributed by atoms with Crippen LogP contribution < -0.4 is 15.4 Å². The molecule has 35 heavy (non-hydrogen) atoms. The highest BCUT2D eigenvalue weighted by atomic mass is 32.1. The van der Waals surface area contributed by atoms with Gasteiger partial charge in [0, 0.05) is 23.2 Å². The number of amides is 2. The molecule has 0 bridgehead atoms. The van der Waals surface area contributed by atoms with Crippen LogP contribution in [0, 0.1) is 5.82 Å². The van der Waals surface area contributed by atoms with Crippen molar-refractivity contribution in [3.05, 3.63) is 101 Å². The number of nitrogens with zero attached hydrogens (tertiary/aromatic N) is 1. The monoisotopic (exact) mass is 489 g/mol. The molecule has 0 fully saturated rings. The van der Waals surface area contributed by atoms with Crippen LogP contribution in [0.15, 0.2) is 78.2 Å². The Hall–Kier alpha value is -4.04. The summed E-state index contributed by atoms with van der Waals surface area (Å²) in [4.78, 5) is 29.5. The van der Waals surface area contributed by atoms with Crippen molar-refractivity contribution in [1.29, 1.82) is 0 Å². The Morgan fingerprint density at radius 1 is 1.03 bits per heavy atom. The van der Waals surface area contributed by atoms with Crippen LogP contribution in [-0.4, -0.2) is 23.4 Å². The zero-order chi connectivity index (χ0) is 24.6. The third-order valence-electron chi connectivity index (χ3n) is 5.07. The molecule has 1 heterocycles. The summed E-state index contributed by atoms with van der Waals surface area (Å²) in [6, 6.07) is 20.3. The summed E-state index contributed by atoms with van der Waals surface area (Å²) < 4.78 is 19.0. The fraction of sp³-hybridized carbons (Fsp3) is 0.148. The first-order valence-corrected chi connectivity index (χ1v) is 12.0. The van der Waals surface area contributed by atoms with Gasteiger partial charge in [-0.25, -0.2) is 9.37 Å². The first-order valence-electron chi connectivity index (χ1n) is 11.1. The Labute approximate surface area is 206 Å². The van der Waals surface area contributed by atoms with Crippen molar-refractivity contribution >= 4 is 28.8 Å². The van der Waals surface area contributed by atoms with Crippen LogP contribution in [0.25, 0.3) is 10.6 Å². The van der Waals surface area contributed by atoms with Crippen molar-refractivity contribution in [2.45, 2.75) is 19.9 Å². The number of rotatable bonds is 9. The van der Waals surface area contributed by atoms with Crippen LogP contribution >= 0.6 is 11.3 Å². The van der Waals surface area contributed by atoms with Gasteiger partial charge < -0.3 is 15.4 Å². The third kappa shape index (κ3) is 6.51. The largest absolute Gasteiger partial charge is 0.493 e. The number of carbonyl (C=O) groups excluding carboxylic acids is 2. The summed E-state index contributed by atoms with van der Waals surface area (Å²) in [5.74, 6) is -0.269. The van der Waals surface area contributed by atoms with Gasteiger partial charge in [-0.05, 0) is 55.0 Å². The number of halogens is 1. The number of aromatic nitrogens is 1. The summed E-state index contributed by atoms with van der Waals surface area (Å²) in [5.41, 5.74) is 3.20. The first kappa shape index (κ1) is 24.1. The minimum absolute atomic E-state index is 0.156. The molecule has 2 N–H and O–H groups in total. The SMILES string of the molecule is CCOc1ccccc1-c1nc(CC(=O)NCc2cccc(NC(=O)c3cccc(F)c3)c2)cs1. The van der Waals surface area contributed by atoms with E-state index in [0.29, 0.717) is 24.5 Å². The Bertz CT molecular complexity index is 1340. The normalized spacial score (nSPS) is 10.6. The minimum atomic E-state index is -0.472. The molecule has 8 heteroatoms. The zero-order valence-corrected chi connectivity index (χ0v) is 19.9. The number of nitrogens with one attached hydrogen (secondary N) is 2. The number of thiazole rings is 1. The van der Waals surface area contributed by atoms with Crippen molar-refractivity contribution in [1.82, 2.24) is 10.3 Å². The van der Waals surface area contributed by atoms with Gasteiger partial charge in [0.1, 0.15) is 16.6 Å². The highest BCUT2D eigenvalue weighted by molar-refractivity contribution is 7.13. The second kappa shape index (κ2) is 11.4. The number of hydrogen-bond donors (Lipinski definition) is 2. The van der Waals surface area contributed by atoms with Gasteiger partial charge in [0.25, 0.3) is 5.91 Å². The maximum absolute atomic E-state index is 13.4. The average Bonchev–Trinajstić information content (AvgIpc) is 3.32. The first-order chi connectivity index (χ1) is 17.0. The Balaban J connectivity index is 1.33. The topological polar surface area (TPSA) is 80.3 Å². The predicted molar refractivity (Wildman–Crippen MR) is 135 cm³/mol. The van der Waals surface area contributed by atoms with Gasteiger partial charge >= 0.3 is 0 Å². The molecule has 0 radical (unpaired) electrons. The fourth-order valence-electron chi connectivity index (χ4n) is 3.46. The van der Waals surface area contributed by atoms with Crippen LogP contribution in [0.3, 0.4) is 0 Å². The molecule has 0 aliphatic carbocycles. The molecule has 3 aromatic carbocycles. The number of ether oxygens (including phenoxy) is 1. The van der Waals surface area contributed by atoms with E-state index < -0.39 is 11.7 Å². The molecule has 178 valence electrons. The van der Waals surface area contributed by atoms with Crippen LogP contribution in [0.1, 0.15) is 28.5 Å². The van der Waals surface area contributed by atoms with Crippen LogP contribution in [0.2, 0.25) is 0 Å². The molecule has 0 saturated carbocycles. The Morgan fingerprint density at radius 3 is 2.69 bits per heavy atom. The lowest BCUT2D eigenvalue weighted by Gasteiger charge is -2.09. The van der Waals surface area contributed by atoms with Crippen molar-refractivity contribution in [3.63, 3.8) is 0 Å². The molecule has 4 aromatic rings. The van der Waals surface area contributed by atoms with Gasteiger partial charge in [-0.1, -0.05) is 30.3 Å². The molecule has 0 spiro atoms. The smallest absolute Gasteiger partial charge is 0.255 e. The third-order valence-corrected chi connectivity index (χ3v) is 6.00. The number of anilines is 1. The molecular formula is C27H24FN3O3S. The highest BCUT2D eigenvalue weighted by Gasteiger charge is 2.13. The van der Waals surface area contributed by atoms with Crippen LogP contribution in [0.5, 0.6) is 5.75 Å². The number of carbonyl (C=O) groups is 2. The van der Waals surface area contributed by atoms with Crippen molar-refractivity contribution in [2.75, 3.05) is 11.9 Å². The van der Waals surface area contributed by atoms with Crippen LogP contribution in [0.4, 0.5) is 10.1 Å². The maximum atomic E-state index is 13.4. The van der Waals surface area contributed by atoms with E-state index in [1.807, 2.05) is 42.6 Å². The zero-order valence-electron chi connectivity index (χ0n) is 19.1. The van der Waals surface area contributed by atoms with E-state index in [9.17, 15) is 14.0 Å². The Morgan fingerprint density at radius 2 is 1.86 bits per heavy atom. The fourth-order valence-corrected chi connectivity index (χ4v) is 4.31. The van der Waals surface area contributed by atoms with E-state index in [0.717, 1.165) is 21.9 Å². The molecule has 4 rings (SSSR count). The second-order valence-corrected chi connectivity index (χ2v) is 8.55. The van der Waals surface area contributed by atoms with Gasteiger partial charge in [0.2, 0.25) is 5.91 Å². The molecule has 0 unspecified atom stereocenters. The number of hydrogen-bond acceptors (Lipinski definition) is 5. The van der Waals surface area contributed by atoms with Crippen molar-refractivity contribution < 1.29 is 18.7 Å². The van der Waals surface area contributed by atoms with Crippen molar-refractivity contribution in [2.24, 2.45) is 0 Å². The second-order valence-electron chi connectivity index (χ2n) is 7.69. The summed E-state index contributed by atoms with van der Waals surface area (Å²) in [6.45, 7) is 2.79. The standard InChI is InChI=1S/C27H24FN3O3S/c1-2-34-24-12-4-3-11-23(24)27-31-22(17-35-27)15-25(32)29-16-18-7-5-10-21(13-18)30-26(33)19-8-6-9-20(28)14-19/h3-14,17H,2,15-16H2,1H3,(H,29,32)(H,30,33). The van der Waals surface area contributed by atoms with E-state index in [2.05, 4.69) is 15.6 Å². The summed E-state index contributed by atoms with van der Waals surface area (Å²) >= 11 is 1.47. The maximum Gasteiger partial charge on any atom is 0.255 e. The van der Waals surface area contributed by atoms with E-state index in [1.54, 1.807) is 24.3 Å². The van der Waals surface area contributed by atoms with Gasteiger partial charge in [0.15, 0.2) is 0 Å². The van der Waals surface area contributed by atoms with Gasteiger partial charge in [0.05, 0.1) is 24.3 Å². The molecule has 0 aliphatic rings. The Kier molecular flexibility index (Phi) is 7.84. The predicted octanol–water partition coefficient (Wildman–Crippen LogP) is 5.46. The lowest BCUT2D eigenvalue weighted by Crippen LogP contribution is -2.24. The lowest BCUT2D eigenvalue weighted by molar-refractivity contribution is -0.120. The molecule has 0 aliphatic heterocycles. The average molecular weight is 490 g/mol. The van der Waals surface area contributed by atoms with Crippen molar-refractivity contribution in [3.8, 4) is 16.3 Å². The highest BCUT2D eigenvalue weighted by Crippen LogP contribution is 2.32. The van der Waals surface area contributed by atoms with E-state index in [1.165, 1.54) is 29.5 Å². The summed E-state index contributed by atoms with van der Waals surface area (Å²) in [6.07, 6.45) is 0.156. The molecular weight excluding hydrogens is 465 g/mol. The molecule has 0 atom stereocenters. The van der Waals surface area contributed by atoms with E-state index in [4.69, 9.17) is 4.74 Å². The minimum Gasteiger partial charge on any atom is -0.493 e. The number of benzene rings is 3. The number of para-hydroxylation sites is 1. The lowest BCUT2D eigenvalue weighted by atomic mass is 10.1. The van der Waals surface area contributed by atoms with E-state index >= 15 is 0 Å². The van der Waals surface area contributed by atoms with Gasteiger partial charge in [-0.3, -0.25) is 9.59 Å². The van der Waals surface area contributed by atoms with Gasteiger partial charge in [-0.2, -0.15) is 0 Å². The van der Waals surface area contributed by atoms with E-state index in [-0.39, 0.29) is 17.9 Å². The quantitative estimate of drug-likeness (QED) is 0.327. The molecule has 0 saturated heterocycles. The molecule has 6 nitrogen and oxygen atoms in total. The van der Waals surface area contributed by atoms with Gasteiger partial charge in [-0.15, -0.1) is 11.3 Å². The molecule has 1 aromatic heterocycles.